The first-order chi connectivity index (χ1) is 17.5. The van der Waals surface area contributed by atoms with Crippen molar-refractivity contribution in [3.63, 3.8) is 0 Å². The van der Waals surface area contributed by atoms with E-state index in [9.17, 15) is 28.3 Å². The maximum absolute atomic E-state index is 14.1. The van der Waals surface area contributed by atoms with Gasteiger partial charge in [0.05, 0.1) is 17.0 Å². The second kappa shape index (κ2) is 10.5. The molecule has 2 aromatic carbocycles. The summed E-state index contributed by atoms with van der Waals surface area (Å²) in [5.74, 6) is -3.53. The third-order valence-electron chi connectivity index (χ3n) is 7.16. The van der Waals surface area contributed by atoms with Gasteiger partial charge in [-0.25, -0.2) is 13.6 Å². The lowest BCUT2D eigenvalue weighted by Gasteiger charge is -2.36. The number of rotatable bonds is 8. The van der Waals surface area contributed by atoms with E-state index in [4.69, 9.17) is 11.6 Å². The van der Waals surface area contributed by atoms with Crippen LogP contribution < -0.4 is 10.6 Å². The van der Waals surface area contributed by atoms with Gasteiger partial charge in [0.2, 0.25) is 11.8 Å². The van der Waals surface area contributed by atoms with Crippen LogP contribution in [0.15, 0.2) is 36.4 Å². The molecule has 3 atom stereocenters. The third kappa shape index (κ3) is 5.46. The summed E-state index contributed by atoms with van der Waals surface area (Å²) >= 11 is 6.19. The van der Waals surface area contributed by atoms with Crippen LogP contribution in [0.5, 0.6) is 0 Å². The molecule has 0 saturated heterocycles. The molecule has 1 aliphatic rings. The van der Waals surface area contributed by atoms with E-state index < -0.39 is 41.0 Å². The highest BCUT2D eigenvalue weighted by Crippen LogP contribution is 2.37. The molecule has 196 valence electrons. The number of aromatic nitrogens is 1. The van der Waals surface area contributed by atoms with Gasteiger partial charge in [-0.2, -0.15) is 0 Å². The standard InChI is InChI=1S/C27H28ClF2N3O4/c1-3-14(2)23(32-22(34)10-15-4-6-16(29)7-5-15)25(35)33-27(26(36)37)9-8-21-19(13-27)18-11-17(30)12-20(28)24(18)31-21/h4-7,11-12,14,23,31H,3,8-10,13H2,1-2H3,(H,32,34)(H,33,35)(H,36,37). The zero-order valence-corrected chi connectivity index (χ0v) is 21.2. The smallest absolute Gasteiger partial charge is 0.329 e. The molecule has 2 amide bonds. The molecule has 4 N–H and O–H groups in total. The summed E-state index contributed by atoms with van der Waals surface area (Å²) in [7, 11) is 0. The van der Waals surface area contributed by atoms with Gasteiger partial charge in [-0.1, -0.05) is 44.0 Å². The Bertz CT molecular complexity index is 1360. The minimum absolute atomic E-state index is 0.0599. The number of carboxylic acids is 1. The van der Waals surface area contributed by atoms with Crippen LogP contribution in [0.3, 0.4) is 0 Å². The van der Waals surface area contributed by atoms with Crippen molar-refractivity contribution in [2.24, 2.45) is 5.92 Å². The van der Waals surface area contributed by atoms with Gasteiger partial charge in [-0.15, -0.1) is 0 Å². The largest absolute Gasteiger partial charge is 0.479 e. The summed E-state index contributed by atoms with van der Waals surface area (Å²) in [6.45, 7) is 3.65. The number of carbonyl (C=O) groups is 3. The first-order valence-corrected chi connectivity index (χ1v) is 12.5. The van der Waals surface area contributed by atoms with Gasteiger partial charge in [0.1, 0.15) is 23.2 Å². The number of fused-ring (bicyclic) bond motifs is 3. The molecule has 0 aliphatic heterocycles. The highest BCUT2D eigenvalue weighted by Gasteiger charge is 2.45. The number of amides is 2. The molecular formula is C27H28ClF2N3O4. The molecule has 0 saturated carbocycles. The van der Waals surface area contributed by atoms with Crippen molar-refractivity contribution in [1.82, 2.24) is 15.6 Å². The maximum atomic E-state index is 14.1. The van der Waals surface area contributed by atoms with E-state index in [1.54, 1.807) is 6.92 Å². The average Bonchev–Trinajstić information content (AvgIpc) is 3.21. The lowest BCUT2D eigenvalue weighted by Crippen LogP contribution is -2.62. The van der Waals surface area contributed by atoms with Crippen LogP contribution in [-0.2, 0) is 33.6 Å². The van der Waals surface area contributed by atoms with Crippen LogP contribution in [0.25, 0.3) is 10.9 Å². The van der Waals surface area contributed by atoms with Crippen molar-refractivity contribution in [3.8, 4) is 0 Å². The molecule has 10 heteroatoms. The predicted octanol–water partition coefficient (Wildman–Crippen LogP) is 4.30. The van der Waals surface area contributed by atoms with Gasteiger partial charge >= 0.3 is 5.97 Å². The zero-order chi connectivity index (χ0) is 26.9. The molecule has 0 spiro atoms. The first-order valence-electron chi connectivity index (χ1n) is 12.1. The van der Waals surface area contributed by atoms with E-state index in [2.05, 4.69) is 15.6 Å². The summed E-state index contributed by atoms with van der Waals surface area (Å²) in [6, 6.07) is 6.98. The van der Waals surface area contributed by atoms with Crippen LogP contribution >= 0.6 is 11.6 Å². The molecule has 3 aromatic rings. The van der Waals surface area contributed by atoms with Crippen LogP contribution in [0.1, 0.15) is 43.5 Å². The molecule has 7 nitrogen and oxygen atoms in total. The molecule has 0 fully saturated rings. The molecule has 0 bridgehead atoms. The van der Waals surface area contributed by atoms with E-state index in [0.717, 1.165) is 5.69 Å². The Hall–Kier alpha value is -3.46. The van der Waals surface area contributed by atoms with Crippen LogP contribution in [-0.4, -0.2) is 39.5 Å². The highest BCUT2D eigenvalue weighted by molar-refractivity contribution is 6.35. The fraction of sp³-hybridized carbons (Fsp3) is 0.370. The molecule has 0 radical (unpaired) electrons. The van der Waals surface area contributed by atoms with Crippen molar-refractivity contribution in [3.05, 3.63) is 69.9 Å². The summed E-state index contributed by atoms with van der Waals surface area (Å²) < 4.78 is 27.3. The van der Waals surface area contributed by atoms with Crippen molar-refractivity contribution in [2.75, 3.05) is 0 Å². The monoisotopic (exact) mass is 531 g/mol. The van der Waals surface area contributed by atoms with Gasteiger partial charge in [-0.05, 0) is 54.2 Å². The summed E-state index contributed by atoms with van der Waals surface area (Å²) in [4.78, 5) is 41.9. The van der Waals surface area contributed by atoms with E-state index in [0.29, 0.717) is 34.9 Å². The third-order valence-corrected chi connectivity index (χ3v) is 7.46. The minimum atomic E-state index is -1.65. The molecular weight excluding hydrogens is 504 g/mol. The lowest BCUT2D eigenvalue weighted by molar-refractivity contribution is -0.149. The van der Waals surface area contributed by atoms with Crippen molar-refractivity contribution < 1.29 is 28.3 Å². The van der Waals surface area contributed by atoms with Crippen molar-refractivity contribution >= 4 is 40.3 Å². The van der Waals surface area contributed by atoms with E-state index in [-0.39, 0.29) is 30.2 Å². The number of H-pyrrole nitrogens is 1. The number of hydrogen-bond acceptors (Lipinski definition) is 3. The number of aromatic amines is 1. The molecule has 37 heavy (non-hydrogen) atoms. The number of hydrogen-bond donors (Lipinski definition) is 4. The highest BCUT2D eigenvalue weighted by atomic mass is 35.5. The predicted molar refractivity (Wildman–Crippen MR) is 135 cm³/mol. The Balaban J connectivity index is 1.57. The van der Waals surface area contributed by atoms with Gasteiger partial charge < -0.3 is 20.7 Å². The Morgan fingerprint density at radius 1 is 1.16 bits per heavy atom. The SMILES string of the molecule is CCC(C)C(NC(=O)Cc1ccc(F)cc1)C(=O)NC1(C(=O)O)CCc2[nH]c3c(Cl)cc(F)cc3c2C1. The quantitative estimate of drug-likeness (QED) is 0.347. The maximum Gasteiger partial charge on any atom is 0.329 e. The minimum Gasteiger partial charge on any atom is -0.479 e. The Kier molecular flexibility index (Phi) is 7.54. The van der Waals surface area contributed by atoms with Crippen LogP contribution in [0.2, 0.25) is 5.02 Å². The number of nitrogens with one attached hydrogen (secondary N) is 3. The second-order valence-electron chi connectivity index (χ2n) is 9.68. The Labute approximate surface area is 217 Å². The summed E-state index contributed by atoms with van der Waals surface area (Å²) in [5.41, 5.74) is 0.789. The fourth-order valence-corrected chi connectivity index (χ4v) is 5.10. The van der Waals surface area contributed by atoms with E-state index >= 15 is 0 Å². The van der Waals surface area contributed by atoms with Crippen LogP contribution in [0.4, 0.5) is 8.78 Å². The van der Waals surface area contributed by atoms with Gasteiger partial charge in [0.15, 0.2) is 0 Å². The number of carboxylic acid groups (broad SMARTS) is 1. The van der Waals surface area contributed by atoms with Crippen molar-refractivity contribution in [2.45, 2.75) is 57.5 Å². The number of carbonyl (C=O) groups excluding carboxylic acids is 2. The number of halogens is 3. The van der Waals surface area contributed by atoms with Gasteiger partial charge in [0.25, 0.3) is 0 Å². The summed E-state index contributed by atoms with van der Waals surface area (Å²) in [6.07, 6.45) is 0.832. The van der Waals surface area contributed by atoms with Crippen LogP contribution in [0, 0.1) is 17.6 Å². The first kappa shape index (κ1) is 26.6. The normalized spacial score (nSPS) is 18.6. The molecule has 1 aromatic heterocycles. The second-order valence-corrected chi connectivity index (χ2v) is 10.1. The van der Waals surface area contributed by atoms with Gasteiger partial charge in [0, 0.05) is 17.5 Å². The molecule has 1 heterocycles. The van der Waals surface area contributed by atoms with E-state index in [1.807, 2.05) is 6.92 Å². The van der Waals surface area contributed by atoms with E-state index in [1.165, 1.54) is 36.4 Å². The number of benzene rings is 2. The Morgan fingerprint density at radius 3 is 2.51 bits per heavy atom. The Morgan fingerprint density at radius 2 is 1.86 bits per heavy atom. The number of aliphatic carboxylic acids is 1. The zero-order valence-electron chi connectivity index (χ0n) is 20.5. The molecule has 4 rings (SSSR count). The number of aryl methyl sites for hydroxylation is 1. The molecule has 3 unspecified atom stereocenters. The average molecular weight is 532 g/mol. The van der Waals surface area contributed by atoms with Crippen molar-refractivity contribution in [1.29, 1.82) is 0 Å². The topological polar surface area (TPSA) is 111 Å². The summed E-state index contributed by atoms with van der Waals surface area (Å²) in [5, 5.41) is 16.3. The van der Waals surface area contributed by atoms with Gasteiger partial charge in [-0.3, -0.25) is 9.59 Å². The lowest BCUT2D eigenvalue weighted by atomic mass is 9.79. The fourth-order valence-electron chi connectivity index (χ4n) is 4.84. The molecule has 1 aliphatic carbocycles.